The summed E-state index contributed by atoms with van der Waals surface area (Å²) >= 11 is 0. The van der Waals surface area contributed by atoms with Crippen LogP contribution in [0.15, 0.2) is 0 Å². The van der Waals surface area contributed by atoms with Gasteiger partial charge < -0.3 is 9.47 Å². The number of hydrogen-bond donors (Lipinski definition) is 0. The summed E-state index contributed by atoms with van der Waals surface area (Å²) < 4.78 is 10.1. The van der Waals surface area contributed by atoms with Crippen LogP contribution in [0.1, 0.15) is 28.7 Å². The van der Waals surface area contributed by atoms with Crippen LogP contribution in [0.3, 0.4) is 0 Å². The molecule has 1 saturated heterocycles. The molecule has 9 heavy (non-hydrogen) atoms. The highest BCUT2D eigenvalue weighted by Gasteiger charge is 2.18. The van der Waals surface area contributed by atoms with Gasteiger partial charge in [-0.25, -0.2) is 0 Å². The Balaban J connectivity index is 0. The van der Waals surface area contributed by atoms with E-state index in [2.05, 4.69) is 0 Å². The minimum absolute atomic E-state index is 0. The lowest BCUT2D eigenvalue weighted by Gasteiger charge is -2.02. The third-order valence-corrected chi connectivity index (χ3v) is 1.32. The van der Waals surface area contributed by atoms with Gasteiger partial charge in [-0.15, -0.1) is 0 Å². The van der Waals surface area contributed by atoms with Crippen LogP contribution in [-0.4, -0.2) is 19.0 Å². The zero-order valence-electron chi connectivity index (χ0n) is 4.68. The Labute approximate surface area is 58.2 Å². The summed E-state index contributed by atoms with van der Waals surface area (Å²) in [5.41, 5.74) is 0. The molecule has 58 valence electrons. The zero-order valence-corrected chi connectivity index (χ0v) is 4.68. The van der Waals surface area contributed by atoms with E-state index >= 15 is 0 Å². The van der Waals surface area contributed by atoms with Gasteiger partial charge in [0.25, 0.3) is 0 Å². The van der Waals surface area contributed by atoms with Crippen molar-refractivity contribution in [3.8, 4) is 0 Å². The molecule has 0 aliphatic carbocycles. The molecule has 0 amide bonds. The molecule has 0 aromatic rings. The molecule has 0 N–H and O–H groups in total. The second kappa shape index (κ2) is 4.77. The first-order valence-corrected chi connectivity index (χ1v) is 2.54. The summed E-state index contributed by atoms with van der Waals surface area (Å²) in [5, 5.41) is 0. The smallest absolute Gasteiger partial charge is 0.147 e. The molecule has 2 nitrogen and oxygen atoms in total. The van der Waals surface area contributed by atoms with Gasteiger partial charge in [-0.1, -0.05) is 14.9 Å². The summed E-state index contributed by atoms with van der Waals surface area (Å²) in [6.45, 7) is 4.50. The van der Waals surface area contributed by atoms with Crippen LogP contribution in [0.4, 0.5) is 0 Å². The van der Waals surface area contributed by atoms with Crippen molar-refractivity contribution >= 4 is 0 Å². The first-order valence-electron chi connectivity index (χ1n) is 2.54. The molecular formula is C7H18O2. The van der Waals surface area contributed by atoms with Gasteiger partial charge in [-0.3, -0.25) is 0 Å². The molecular weight excluding hydrogens is 116 g/mol. The molecule has 2 heteroatoms. The molecule has 1 aliphatic heterocycles. The molecule has 0 aromatic carbocycles. The molecule has 1 rings (SSSR count). The van der Waals surface area contributed by atoms with E-state index in [0.29, 0.717) is 19.0 Å². The molecule has 1 aliphatic rings. The Kier molecular flexibility index (Phi) is 6.19. The van der Waals surface area contributed by atoms with Crippen LogP contribution in [0.2, 0.25) is 0 Å². The summed E-state index contributed by atoms with van der Waals surface area (Å²) in [4.78, 5) is 0. The number of ether oxygens (including phenoxy) is 2. The predicted octanol–water partition coefficient (Wildman–Crippen LogP) is 2.04. The van der Waals surface area contributed by atoms with Crippen LogP contribution in [-0.2, 0) is 9.47 Å². The van der Waals surface area contributed by atoms with Crippen molar-refractivity contribution in [1.29, 1.82) is 0 Å². The fourth-order valence-corrected chi connectivity index (χ4v) is 0.525. The molecule has 0 spiro atoms. The summed E-state index contributed by atoms with van der Waals surface area (Å²) in [6.07, 6.45) is 0.583. The third kappa shape index (κ3) is 2.82. The topological polar surface area (TPSA) is 18.5 Å². The zero-order chi connectivity index (χ0) is 5.28. The lowest BCUT2D eigenvalue weighted by atomic mass is 10.3. The first kappa shape index (κ1) is 11.7. The van der Waals surface area contributed by atoms with Crippen molar-refractivity contribution in [2.45, 2.75) is 40.9 Å². The second-order valence-electron chi connectivity index (χ2n) is 1.86. The molecule has 2 atom stereocenters. The van der Waals surface area contributed by atoms with E-state index in [9.17, 15) is 0 Å². The molecule has 0 saturated carbocycles. The van der Waals surface area contributed by atoms with E-state index in [-0.39, 0.29) is 14.9 Å². The Morgan fingerprint density at radius 2 is 1.33 bits per heavy atom. The second-order valence-corrected chi connectivity index (χ2v) is 1.86. The third-order valence-electron chi connectivity index (χ3n) is 1.32. The standard InChI is InChI=1S/C5H10O2.2CH4/c1-4-5(2)7-3-6-4;;/h4-5H,3H2,1-2H3;2*1H4. The molecule has 0 bridgehead atoms. The van der Waals surface area contributed by atoms with E-state index in [1.54, 1.807) is 0 Å². The maximum absolute atomic E-state index is 5.04. The highest BCUT2D eigenvalue weighted by atomic mass is 16.7. The predicted molar refractivity (Wildman–Crippen MR) is 39.4 cm³/mol. The minimum Gasteiger partial charge on any atom is -0.350 e. The van der Waals surface area contributed by atoms with E-state index in [4.69, 9.17) is 9.47 Å². The van der Waals surface area contributed by atoms with Gasteiger partial charge in [-0.05, 0) is 13.8 Å². The van der Waals surface area contributed by atoms with Crippen LogP contribution in [0.25, 0.3) is 0 Å². The van der Waals surface area contributed by atoms with E-state index in [0.717, 1.165) is 0 Å². The van der Waals surface area contributed by atoms with Gasteiger partial charge in [0, 0.05) is 0 Å². The van der Waals surface area contributed by atoms with Crippen molar-refractivity contribution in [1.82, 2.24) is 0 Å². The Morgan fingerprint density at radius 3 is 1.44 bits per heavy atom. The fraction of sp³-hybridized carbons (Fsp3) is 1.00. The van der Waals surface area contributed by atoms with Crippen LogP contribution in [0, 0.1) is 0 Å². The summed E-state index contributed by atoms with van der Waals surface area (Å²) in [5.74, 6) is 0. The normalized spacial score (nSPS) is 32.7. The van der Waals surface area contributed by atoms with Gasteiger partial charge in [0.2, 0.25) is 0 Å². The highest BCUT2D eigenvalue weighted by molar-refractivity contribution is 4.62. The van der Waals surface area contributed by atoms with Crippen molar-refractivity contribution in [3.05, 3.63) is 0 Å². The van der Waals surface area contributed by atoms with Gasteiger partial charge in [0.15, 0.2) is 0 Å². The lowest BCUT2D eigenvalue weighted by molar-refractivity contribution is 0.0433. The van der Waals surface area contributed by atoms with Crippen molar-refractivity contribution in [2.24, 2.45) is 0 Å². The van der Waals surface area contributed by atoms with Crippen LogP contribution in [0.5, 0.6) is 0 Å². The maximum atomic E-state index is 5.04. The average molecular weight is 134 g/mol. The monoisotopic (exact) mass is 134 g/mol. The number of rotatable bonds is 0. The molecule has 1 fully saturated rings. The van der Waals surface area contributed by atoms with Crippen LogP contribution < -0.4 is 0 Å². The average Bonchev–Trinajstić information content (AvgIpc) is 1.91. The Morgan fingerprint density at radius 1 is 1.00 bits per heavy atom. The first-order chi connectivity index (χ1) is 3.30. The van der Waals surface area contributed by atoms with Crippen molar-refractivity contribution in [3.63, 3.8) is 0 Å². The van der Waals surface area contributed by atoms with Gasteiger partial charge in [0.05, 0.1) is 12.2 Å². The fourth-order valence-electron chi connectivity index (χ4n) is 0.525. The molecule has 1 heterocycles. The highest BCUT2D eigenvalue weighted by Crippen LogP contribution is 2.09. The SMILES string of the molecule is C.C.CC1OCOC1C. The maximum Gasteiger partial charge on any atom is 0.147 e. The van der Waals surface area contributed by atoms with Gasteiger partial charge >= 0.3 is 0 Å². The van der Waals surface area contributed by atoms with E-state index < -0.39 is 0 Å². The largest absolute Gasteiger partial charge is 0.350 e. The molecule has 2 unspecified atom stereocenters. The van der Waals surface area contributed by atoms with Gasteiger partial charge in [0.1, 0.15) is 6.79 Å². The quantitative estimate of drug-likeness (QED) is 0.504. The molecule has 0 aromatic heterocycles. The van der Waals surface area contributed by atoms with Crippen LogP contribution >= 0.6 is 0 Å². The Bertz CT molecular complexity index is 55.9. The number of hydrogen-bond acceptors (Lipinski definition) is 2. The Hall–Kier alpha value is -0.0800. The lowest BCUT2D eigenvalue weighted by Crippen LogP contribution is -2.13. The molecule has 0 radical (unpaired) electrons. The van der Waals surface area contributed by atoms with E-state index in [1.807, 2.05) is 13.8 Å². The van der Waals surface area contributed by atoms with Gasteiger partial charge in [-0.2, -0.15) is 0 Å². The summed E-state index contributed by atoms with van der Waals surface area (Å²) in [6, 6.07) is 0. The van der Waals surface area contributed by atoms with Crippen molar-refractivity contribution in [2.75, 3.05) is 6.79 Å². The van der Waals surface area contributed by atoms with E-state index in [1.165, 1.54) is 0 Å². The summed E-state index contributed by atoms with van der Waals surface area (Å²) in [7, 11) is 0. The minimum atomic E-state index is 0. The van der Waals surface area contributed by atoms with Crippen molar-refractivity contribution < 1.29 is 9.47 Å².